The zero-order chi connectivity index (χ0) is 15.1. The molecule has 2 aromatic rings. The molecule has 1 saturated heterocycles. The lowest BCUT2D eigenvalue weighted by Gasteiger charge is -2.20. The maximum atomic E-state index is 13.8. The topological polar surface area (TPSA) is 73.4 Å². The van der Waals surface area contributed by atoms with E-state index in [0.29, 0.717) is 34.8 Å². The summed E-state index contributed by atoms with van der Waals surface area (Å²) in [5.74, 6) is -1.86. The van der Waals surface area contributed by atoms with Crippen molar-refractivity contribution in [2.24, 2.45) is 0 Å². The number of rotatable bonds is 2. The van der Waals surface area contributed by atoms with Crippen LogP contribution in [0.1, 0.15) is 23.3 Å². The van der Waals surface area contributed by atoms with Gasteiger partial charge in [-0.15, -0.1) is 0 Å². The monoisotopic (exact) mass is 354 g/mol. The molecule has 1 aromatic heterocycles. The molecule has 0 unspecified atom stereocenters. The lowest BCUT2D eigenvalue weighted by atomic mass is 10.2. The van der Waals surface area contributed by atoms with Gasteiger partial charge in [-0.2, -0.15) is 0 Å². The van der Waals surface area contributed by atoms with Gasteiger partial charge in [0.15, 0.2) is 0 Å². The zero-order valence-corrected chi connectivity index (χ0v) is 12.5. The van der Waals surface area contributed by atoms with Crippen molar-refractivity contribution in [3.8, 4) is 0 Å². The molecule has 0 bridgehead atoms. The van der Waals surface area contributed by atoms with E-state index in [0.717, 1.165) is 0 Å². The number of carbonyl (C=O) groups is 2. The normalized spacial score (nSPS) is 18.4. The predicted molar refractivity (Wildman–Crippen MR) is 77.7 cm³/mol. The van der Waals surface area contributed by atoms with Crippen LogP contribution in [0.25, 0.3) is 10.9 Å². The summed E-state index contributed by atoms with van der Waals surface area (Å²) < 4.78 is 14.4. The molecule has 1 aliphatic heterocycles. The second-order valence-electron chi connectivity index (χ2n) is 5.03. The van der Waals surface area contributed by atoms with E-state index in [2.05, 4.69) is 20.9 Å². The molecule has 0 aliphatic carbocycles. The van der Waals surface area contributed by atoms with E-state index >= 15 is 0 Å². The number of hydrogen-bond acceptors (Lipinski definition) is 2. The van der Waals surface area contributed by atoms with Crippen molar-refractivity contribution in [1.29, 1.82) is 0 Å². The number of fused-ring (bicyclic) bond motifs is 1. The van der Waals surface area contributed by atoms with Gasteiger partial charge in [0, 0.05) is 16.4 Å². The summed E-state index contributed by atoms with van der Waals surface area (Å²) in [6, 6.07) is 3.62. The van der Waals surface area contributed by atoms with E-state index in [9.17, 15) is 14.0 Å². The Hall–Kier alpha value is -1.89. The van der Waals surface area contributed by atoms with E-state index in [-0.39, 0.29) is 5.69 Å². The van der Waals surface area contributed by atoms with Crippen LogP contribution in [0.2, 0.25) is 0 Å². The van der Waals surface area contributed by atoms with Crippen LogP contribution in [0.4, 0.5) is 4.39 Å². The number of amides is 1. The molecule has 1 atom stereocenters. The number of halogens is 2. The molecule has 1 fully saturated rings. The Kier molecular flexibility index (Phi) is 3.44. The molecule has 1 amide bonds. The van der Waals surface area contributed by atoms with Crippen LogP contribution >= 0.6 is 15.9 Å². The molecule has 21 heavy (non-hydrogen) atoms. The van der Waals surface area contributed by atoms with Gasteiger partial charge in [-0.25, -0.2) is 9.18 Å². The molecule has 5 nitrogen and oxygen atoms in total. The number of benzene rings is 1. The summed E-state index contributed by atoms with van der Waals surface area (Å²) in [5, 5.41) is 9.44. The van der Waals surface area contributed by atoms with E-state index in [1.165, 1.54) is 17.0 Å². The summed E-state index contributed by atoms with van der Waals surface area (Å²) in [6.45, 7) is 0.400. The molecule has 1 aliphatic rings. The molecule has 110 valence electrons. The third-order valence-corrected chi connectivity index (χ3v) is 4.14. The first kappa shape index (κ1) is 14.1. The number of carboxylic acids is 1. The first-order valence-corrected chi connectivity index (χ1v) is 7.28. The Morgan fingerprint density at radius 2 is 2.14 bits per heavy atom. The van der Waals surface area contributed by atoms with E-state index in [1.54, 1.807) is 6.07 Å². The fourth-order valence-corrected chi connectivity index (χ4v) is 3.13. The van der Waals surface area contributed by atoms with Gasteiger partial charge in [0.05, 0.1) is 5.52 Å². The lowest BCUT2D eigenvalue weighted by molar-refractivity contribution is -0.141. The number of carboxylic acid groups (broad SMARTS) is 1. The van der Waals surface area contributed by atoms with Gasteiger partial charge in [0.1, 0.15) is 17.6 Å². The summed E-state index contributed by atoms with van der Waals surface area (Å²) in [7, 11) is 0. The number of aromatic nitrogens is 1. The van der Waals surface area contributed by atoms with Gasteiger partial charge in [0.2, 0.25) is 0 Å². The molecule has 1 aromatic carbocycles. The Balaban J connectivity index is 1.98. The van der Waals surface area contributed by atoms with E-state index in [1.807, 2.05) is 0 Å². The molecule has 0 radical (unpaired) electrons. The third kappa shape index (κ3) is 2.42. The summed E-state index contributed by atoms with van der Waals surface area (Å²) in [6.07, 6.45) is 1.10. The molecule has 3 rings (SSSR count). The van der Waals surface area contributed by atoms with Crippen molar-refractivity contribution >= 4 is 38.7 Å². The lowest BCUT2D eigenvalue weighted by Crippen LogP contribution is -2.40. The average Bonchev–Trinajstić information content (AvgIpc) is 3.03. The van der Waals surface area contributed by atoms with Crippen molar-refractivity contribution in [2.45, 2.75) is 18.9 Å². The summed E-state index contributed by atoms with van der Waals surface area (Å²) >= 11 is 3.19. The number of aliphatic carboxylic acids is 1. The van der Waals surface area contributed by atoms with Crippen molar-refractivity contribution in [3.05, 3.63) is 34.2 Å². The zero-order valence-electron chi connectivity index (χ0n) is 10.9. The smallest absolute Gasteiger partial charge is 0.326 e. The van der Waals surface area contributed by atoms with E-state index < -0.39 is 23.7 Å². The Bertz CT molecular complexity index is 743. The van der Waals surface area contributed by atoms with Crippen molar-refractivity contribution < 1.29 is 19.1 Å². The number of carbonyl (C=O) groups excluding carboxylic acids is 1. The van der Waals surface area contributed by atoms with Gasteiger partial charge in [-0.1, -0.05) is 15.9 Å². The van der Waals surface area contributed by atoms with Crippen LogP contribution in [0.3, 0.4) is 0 Å². The SMILES string of the molecule is O=C(O)[C@@H]1CCCN1C(=O)c1cc2c(F)cc(Br)cc2[nH]1. The quantitative estimate of drug-likeness (QED) is 0.870. The van der Waals surface area contributed by atoms with Gasteiger partial charge >= 0.3 is 5.97 Å². The Morgan fingerprint density at radius 1 is 1.38 bits per heavy atom. The molecule has 2 N–H and O–H groups in total. The highest BCUT2D eigenvalue weighted by atomic mass is 79.9. The van der Waals surface area contributed by atoms with Crippen LogP contribution in [0.15, 0.2) is 22.7 Å². The van der Waals surface area contributed by atoms with Crippen molar-refractivity contribution in [3.63, 3.8) is 0 Å². The van der Waals surface area contributed by atoms with Gasteiger partial charge < -0.3 is 15.0 Å². The second-order valence-corrected chi connectivity index (χ2v) is 5.94. The largest absolute Gasteiger partial charge is 0.480 e. The molecular formula is C14H12BrFN2O3. The highest BCUT2D eigenvalue weighted by Gasteiger charge is 2.35. The van der Waals surface area contributed by atoms with Crippen LogP contribution in [0.5, 0.6) is 0 Å². The van der Waals surface area contributed by atoms with Crippen LogP contribution in [-0.4, -0.2) is 39.5 Å². The Labute approximate surface area is 127 Å². The number of H-pyrrole nitrogens is 1. The maximum absolute atomic E-state index is 13.8. The fraction of sp³-hybridized carbons (Fsp3) is 0.286. The summed E-state index contributed by atoms with van der Waals surface area (Å²) in [4.78, 5) is 27.8. The first-order chi connectivity index (χ1) is 9.97. The van der Waals surface area contributed by atoms with Gasteiger partial charge in [-0.3, -0.25) is 4.79 Å². The molecule has 0 spiro atoms. The minimum absolute atomic E-state index is 0.204. The number of nitrogens with one attached hydrogen (secondary N) is 1. The number of likely N-dealkylation sites (tertiary alicyclic amines) is 1. The third-order valence-electron chi connectivity index (χ3n) is 3.68. The molecular weight excluding hydrogens is 343 g/mol. The van der Waals surface area contributed by atoms with Crippen molar-refractivity contribution in [2.75, 3.05) is 6.54 Å². The van der Waals surface area contributed by atoms with E-state index in [4.69, 9.17) is 5.11 Å². The molecule has 7 heteroatoms. The maximum Gasteiger partial charge on any atom is 0.326 e. The number of hydrogen-bond donors (Lipinski definition) is 2. The minimum atomic E-state index is -1.01. The van der Waals surface area contributed by atoms with Gasteiger partial charge in [0.25, 0.3) is 5.91 Å². The minimum Gasteiger partial charge on any atom is -0.480 e. The van der Waals surface area contributed by atoms with Crippen LogP contribution in [0, 0.1) is 5.82 Å². The van der Waals surface area contributed by atoms with Crippen LogP contribution in [-0.2, 0) is 4.79 Å². The van der Waals surface area contributed by atoms with Crippen LogP contribution < -0.4 is 0 Å². The number of nitrogens with zero attached hydrogens (tertiary/aromatic N) is 1. The fourth-order valence-electron chi connectivity index (χ4n) is 2.70. The average molecular weight is 355 g/mol. The Morgan fingerprint density at radius 3 is 2.86 bits per heavy atom. The highest BCUT2D eigenvalue weighted by molar-refractivity contribution is 9.10. The first-order valence-electron chi connectivity index (χ1n) is 6.49. The van der Waals surface area contributed by atoms with Crippen molar-refractivity contribution in [1.82, 2.24) is 9.88 Å². The highest BCUT2D eigenvalue weighted by Crippen LogP contribution is 2.26. The second kappa shape index (κ2) is 5.14. The predicted octanol–water partition coefficient (Wildman–Crippen LogP) is 2.76. The summed E-state index contributed by atoms with van der Waals surface area (Å²) in [5.41, 5.74) is 0.700. The molecule has 0 saturated carbocycles. The van der Waals surface area contributed by atoms with Gasteiger partial charge in [-0.05, 0) is 31.0 Å². The standard InChI is InChI=1S/C14H12BrFN2O3/c15-7-4-9(16)8-6-11(17-10(8)5-7)13(19)18-3-1-2-12(18)14(20)21/h4-6,12,17H,1-3H2,(H,20,21)/t12-/m0/s1. The molecule has 2 heterocycles. The number of aromatic amines is 1.